The summed E-state index contributed by atoms with van der Waals surface area (Å²) in [5.74, 6) is 0.214. The Morgan fingerprint density at radius 3 is 2.48 bits per heavy atom. The maximum atomic E-state index is 12.1. The summed E-state index contributed by atoms with van der Waals surface area (Å²) in [4.78, 5) is 11.9. The third kappa shape index (κ3) is 8.74. The first-order valence-corrected chi connectivity index (χ1v) is 10.3. The van der Waals surface area contributed by atoms with Gasteiger partial charge in [-0.3, -0.25) is 4.79 Å². The van der Waals surface area contributed by atoms with Crippen molar-refractivity contribution in [1.82, 2.24) is 5.32 Å². The van der Waals surface area contributed by atoms with Crippen LogP contribution in [0, 0.1) is 5.92 Å². The van der Waals surface area contributed by atoms with Crippen LogP contribution in [-0.2, 0) is 20.4 Å². The maximum Gasteiger partial charge on any atom is 0.221 e. The predicted molar refractivity (Wildman–Crippen MR) is 94.9 cm³/mol. The van der Waals surface area contributed by atoms with Crippen LogP contribution in [0.15, 0.2) is 30.3 Å². The normalized spacial score (nSPS) is 12.8. The summed E-state index contributed by atoms with van der Waals surface area (Å²) in [5, 5.41) is 2.88. The highest BCUT2D eigenvalue weighted by Gasteiger charge is 2.15. The molecule has 1 amide bonds. The van der Waals surface area contributed by atoms with Gasteiger partial charge >= 0.3 is 0 Å². The van der Waals surface area contributed by atoms with Gasteiger partial charge in [0, 0.05) is 13.0 Å². The smallest absolute Gasteiger partial charge is 0.221 e. The quantitative estimate of drug-likeness (QED) is 0.672. The number of unbranched alkanes of at least 4 members (excludes halogenated alkanes) is 1. The second kappa shape index (κ2) is 10.4. The lowest BCUT2D eigenvalue weighted by Crippen LogP contribution is -2.30. The second-order valence-corrected chi connectivity index (χ2v) is 8.23. The van der Waals surface area contributed by atoms with E-state index in [0.717, 1.165) is 24.8 Å². The van der Waals surface area contributed by atoms with Gasteiger partial charge in [0.15, 0.2) is 9.84 Å². The summed E-state index contributed by atoms with van der Waals surface area (Å²) in [6.45, 7) is 4.92. The SMILES string of the molecule is CCCC[C@@H](CC)CNC(=O)CCS(=O)(=O)Cc1ccccc1. The van der Waals surface area contributed by atoms with Crippen LogP contribution >= 0.6 is 0 Å². The van der Waals surface area contributed by atoms with Gasteiger partial charge in [0.25, 0.3) is 0 Å². The lowest BCUT2D eigenvalue weighted by atomic mass is 9.99. The number of rotatable bonds is 11. The first-order chi connectivity index (χ1) is 11.0. The third-order valence-electron chi connectivity index (χ3n) is 4.00. The number of hydrogen-bond acceptors (Lipinski definition) is 3. The number of carbonyl (C=O) groups is 1. The number of hydrogen-bond donors (Lipinski definition) is 1. The summed E-state index contributed by atoms with van der Waals surface area (Å²) in [5.41, 5.74) is 0.763. The van der Waals surface area contributed by atoms with Gasteiger partial charge in [-0.1, -0.05) is 63.4 Å². The molecule has 0 radical (unpaired) electrons. The minimum Gasteiger partial charge on any atom is -0.356 e. The van der Waals surface area contributed by atoms with Crippen molar-refractivity contribution in [2.75, 3.05) is 12.3 Å². The highest BCUT2D eigenvalue weighted by atomic mass is 32.2. The molecular weight excluding hydrogens is 310 g/mol. The van der Waals surface area contributed by atoms with Crippen molar-refractivity contribution < 1.29 is 13.2 Å². The Hall–Kier alpha value is -1.36. The number of nitrogens with one attached hydrogen (secondary N) is 1. The Bertz CT molecular complexity index is 555. The van der Waals surface area contributed by atoms with E-state index >= 15 is 0 Å². The Kier molecular flexibility index (Phi) is 8.92. The molecule has 0 saturated heterocycles. The van der Waals surface area contributed by atoms with Crippen molar-refractivity contribution in [2.24, 2.45) is 5.92 Å². The van der Waals surface area contributed by atoms with Crippen molar-refractivity contribution in [2.45, 2.75) is 51.7 Å². The molecule has 0 aliphatic heterocycles. The van der Waals surface area contributed by atoms with Gasteiger partial charge in [0.1, 0.15) is 0 Å². The van der Waals surface area contributed by atoms with Gasteiger partial charge in [0.2, 0.25) is 5.91 Å². The first-order valence-electron chi connectivity index (χ1n) is 8.48. The summed E-state index contributed by atoms with van der Waals surface area (Å²) in [6.07, 6.45) is 4.51. The van der Waals surface area contributed by atoms with Crippen molar-refractivity contribution in [3.8, 4) is 0 Å². The van der Waals surface area contributed by atoms with E-state index in [1.807, 2.05) is 18.2 Å². The summed E-state index contributed by atoms with van der Waals surface area (Å²) in [6, 6.07) is 9.07. The molecule has 0 aromatic heterocycles. The summed E-state index contributed by atoms with van der Waals surface area (Å²) in [7, 11) is -3.25. The standard InChI is InChI=1S/C18H29NO3S/c1-3-5-9-16(4-2)14-19-18(20)12-13-23(21,22)15-17-10-7-6-8-11-17/h6-8,10-11,16H,3-5,9,12-15H2,1-2H3,(H,19,20)/t16-/m1/s1. The minimum absolute atomic E-state index is 0.00476. The zero-order chi connectivity index (χ0) is 17.1. The molecule has 0 aliphatic rings. The van der Waals surface area contributed by atoms with Crippen LogP contribution in [-0.4, -0.2) is 26.6 Å². The molecule has 130 valence electrons. The molecule has 1 N–H and O–H groups in total. The van der Waals surface area contributed by atoms with Gasteiger partial charge in [0.05, 0.1) is 11.5 Å². The van der Waals surface area contributed by atoms with Crippen molar-refractivity contribution in [3.63, 3.8) is 0 Å². The molecule has 1 rings (SSSR count). The third-order valence-corrected chi connectivity index (χ3v) is 5.60. The fraction of sp³-hybridized carbons (Fsp3) is 0.611. The van der Waals surface area contributed by atoms with E-state index < -0.39 is 9.84 Å². The van der Waals surface area contributed by atoms with Crippen molar-refractivity contribution in [1.29, 1.82) is 0 Å². The number of benzene rings is 1. The minimum atomic E-state index is -3.25. The molecule has 1 aromatic carbocycles. The zero-order valence-electron chi connectivity index (χ0n) is 14.3. The van der Waals surface area contributed by atoms with Crippen LogP contribution in [0.25, 0.3) is 0 Å². The molecule has 23 heavy (non-hydrogen) atoms. The van der Waals surface area contributed by atoms with Crippen LogP contribution in [0.4, 0.5) is 0 Å². The van der Waals surface area contributed by atoms with E-state index in [4.69, 9.17) is 0 Å². The van der Waals surface area contributed by atoms with Crippen LogP contribution in [0.3, 0.4) is 0 Å². The molecule has 0 unspecified atom stereocenters. The van der Waals surface area contributed by atoms with Crippen LogP contribution in [0.1, 0.15) is 51.5 Å². The molecule has 0 aliphatic carbocycles. The molecular formula is C18H29NO3S. The van der Waals surface area contributed by atoms with E-state index in [1.165, 1.54) is 6.42 Å². The predicted octanol–water partition coefficient (Wildman–Crippen LogP) is 3.32. The second-order valence-electron chi connectivity index (χ2n) is 6.05. The van der Waals surface area contributed by atoms with E-state index in [2.05, 4.69) is 19.2 Å². The summed E-state index contributed by atoms with van der Waals surface area (Å²) >= 11 is 0. The Balaban J connectivity index is 2.34. The average molecular weight is 340 g/mol. The lowest BCUT2D eigenvalue weighted by molar-refractivity contribution is -0.120. The molecule has 5 heteroatoms. The summed E-state index contributed by atoms with van der Waals surface area (Å²) < 4.78 is 24.1. The topological polar surface area (TPSA) is 63.2 Å². The molecule has 1 aromatic rings. The average Bonchev–Trinajstić information content (AvgIpc) is 2.54. The van der Waals surface area contributed by atoms with Crippen molar-refractivity contribution in [3.05, 3.63) is 35.9 Å². The molecule has 0 bridgehead atoms. The van der Waals surface area contributed by atoms with Crippen LogP contribution in [0.2, 0.25) is 0 Å². The highest BCUT2D eigenvalue weighted by molar-refractivity contribution is 7.90. The van der Waals surface area contributed by atoms with Gasteiger partial charge in [-0.25, -0.2) is 8.42 Å². The number of amides is 1. The number of sulfone groups is 1. The molecule has 1 atom stereocenters. The highest BCUT2D eigenvalue weighted by Crippen LogP contribution is 2.11. The van der Waals surface area contributed by atoms with Gasteiger partial charge in [-0.15, -0.1) is 0 Å². The maximum absolute atomic E-state index is 12.1. The largest absolute Gasteiger partial charge is 0.356 e. The first kappa shape index (κ1) is 19.7. The van der Waals surface area contributed by atoms with Gasteiger partial charge < -0.3 is 5.32 Å². The fourth-order valence-corrected chi connectivity index (χ4v) is 3.78. The van der Waals surface area contributed by atoms with E-state index in [1.54, 1.807) is 12.1 Å². The Morgan fingerprint density at radius 2 is 1.87 bits per heavy atom. The molecule has 0 heterocycles. The van der Waals surface area contributed by atoms with E-state index in [-0.39, 0.29) is 23.8 Å². The van der Waals surface area contributed by atoms with E-state index in [9.17, 15) is 13.2 Å². The Labute approximate surface area is 140 Å². The molecule has 0 fully saturated rings. The van der Waals surface area contributed by atoms with Gasteiger partial charge in [-0.05, 0) is 17.9 Å². The zero-order valence-corrected chi connectivity index (χ0v) is 15.1. The molecule has 0 saturated carbocycles. The van der Waals surface area contributed by atoms with Crippen LogP contribution < -0.4 is 5.32 Å². The van der Waals surface area contributed by atoms with Gasteiger partial charge in [-0.2, -0.15) is 0 Å². The fourth-order valence-electron chi connectivity index (χ4n) is 2.44. The van der Waals surface area contributed by atoms with E-state index in [0.29, 0.717) is 12.5 Å². The monoisotopic (exact) mass is 339 g/mol. The number of carbonyl (C=O) groups excluding carboxylic acids is 1. The van der Waals surface area contributed by atoms with Crippen LogP contribution in [0.5, 0.6) is 0 Å². The molecule has 4 nitrogen and oxygen atoms in total. The van der Waals surface area contributed by atoms with Crippen molar-refractivity contribution >= 4 is 15.7 Å². The lowest BCUT2D eigenvalue weighted by Gasteiger charge is -2.15. The Morgan fingerprint density at radius 1 is 1.17 bits per heavy atom. The molecule has 0 spiro atoms.